The average molecular weight is 693 g/mol. The smallest absolute Gasteiger partial charge is 0.123 e. The number of hydrogen-bond acceptors (Lipinski definition) is 1. The summed E-state index contributed by atoms with van der Waals surface area (Å²) in [4.78, 5) is 2.29. The van der Waals surface area contributed by atoms with Gasteiger partial charge in [0.2, 0.25) is 0 Å². The van der Waals surface area contributed by atoms with Gasteiger partial charge in [-0.2, -0.15) is 0 Å². The first-order valence-electron chi connectivity index (χ1n) is 18.5. The molecule has 1 heterocycles. The minimum atomic E-state index is -0.554. The van der Waals surface area contributed by atoms with Crippen LogP contribution >= 0.6 is 0 Å². The van der Waals surface area contributed by atoms with E-state index < -0.39 is 5.41 Å². The van der Waals surface area contributed by atoms with Gasteiger partial charge in [-0.15, -0.1) is 0 Å². The monoisotopic (exact) mass is 692 g/mol. The quantitative estimate of drug-likeness (QED) is 0.158. The molecule has 10 aromatic rings. The van der Waals surface area contributed by atoms with Crippen molar-refractivity contribution in [2.45, 2.75) is 5.41 Å². The molecule has 254 valence electrons. The molecule has 54 heavy (non-hydrogen) atoms. The van der Waals surface area contributed by atoms with Gasteiger partial charge in [-0.25, -0.2) is 4.39 Å². The lowest BCUT2D eigenvalue weighted by Crippen LogP contribution is -2.29. The van der Waals surface area contributed by atoms with E-state index >= 15 is 0 Å². The molecule has 0 fully saturated rings. The van der Waals surface area contributed by atoms with Crippen molar-refractivity contribution in [3.63, 3.8) is 0 Å². The zero-order valence-electron chi connectivity index (χ0n) is 29.3. The van der Waals surface area contributed by atoms with E-state index in [0.29, 0.717) is 0 Å². The molecule has 0 saturated carbocycles. The van der Waals surface area contributed by atoms with Gasteiger partial charge in [0.05, 0.1) is 16.4 Å². The standard InChI is InChI=1S/C51H33FN2/c52-38-25-27-40(28-26-38)53(41-29-30-48-44(32-41)43-20-10-11-22-47(43)54(48)39-18-8-3-9-19-39)42-31-35-24-23-34-13-12-21-45-49(34)50(35)46(33-42)51(45,36-14-4-1-5-15-36)37-16-6-2-7-17-37/h1-33H. The Labute approximate surface area is 312 Å². The van der Waals surface area contributed by atoms with E-state index in [9.17, 15) is 4.39 Å². The second kappa shape index (κ2) is 11.8. The zero-order valence-corrected chi connectivity index (χ0v) is 29.3. The summed E-state index contributed by atoms with van der Waals surface area (Å²) in [6, 6.07) is 70.6. The number of anilines is 3. The molecule has 1 aliphatic carbocycles. The Morgan fingerprint density at radius 1 is 0.407 bits per heavy atom. The average Bonchev–Trinajstić information content (AvgIpc) is 3.73. The second-order valence-electron chi connectivity index (χ2n) is 14.2. The highest BCUT2D eigenvalue weighted by molar-refractivity contribution is 6.17. The van der Waals surface area contributed by atoms with Crippen LogP contribution in [0.2, 0.25) is 0 Å². The van der Waals surface area contributed by atoms with E-state index in [1.54, 1.807) is 12.1 Å². The SMILES string of the molecule is Fc1ccc(N(c2cc3c4c(ccc5cccc(c54)C3(c3ccccc3)c3ccccc3)c2)c2ccc3c(c2)c2ccccc2n3-c2ccccc2)cc1. The molecule has 1 aliphatic rings. The topological polar surface area (TPSA) is 8.17 Å². The van der Waals surface area contributed by atoms with Crippen LogP contribution in [0.1, 0.15) is 22.3 Å². The van der Waals surface area contributed by atoms with E-state index in [2.05, 4.69) is 185 Å². The molecule has 0 saturated heterocycles. The Balaban J connectivity index is 1.22. The van der Waals surface area contributed by atoms with Crippen molar-refractivity contribution in [2.24, 2.45) is 0 Å². The number of hydrogen-bond donors (Lipinski definition) is 0. The van der Waals surface area contributed by atoms with Crippen LogP contribution in [0.4, 0.5) is 21.5 Å². The number of para-hydroxylation sites is 2. The highest BCUT2D eigenvalue weighted by Gasteiger charge is 2.45. The Morgan fingerprint density at radius 2 is 1.02 bits per heavy atom. The molecule has 3 heteroatoms. The molecule has 1 aromatic heterocycles. The van der Waals surface area contributed by atoms with Gasteiger partial charge in [0.1, 0.15) is 5.82 Å². The van der Waals surface area contributed by atoms with Crippen molar-refractivity contribution in [1.82, 2.24) is 4.57 Å². The molecule has 9 aromatic carbocycles. The van der Waals surface area contributed by atoms with Crippen molar-refractivity contribution < 1.29 is 4.39 Å². The molecule has 0 radical (unpaired) electrons. The molecule has 0 amide bonds. The minimum Gasteiger partial charge on any atom is -0.310 e. The summed E-state index contributed by atoms with van der Waals surface area (Å²) in [7, 11) is 0. The first-order chi connectivity index (χ1) is 26.7. The van der Waals surface area contributed by atoms with E-state index in [1.807, 2.05) is 12.1 Å². The minimum absolute atomic E-state index is 0.262. The van der Waals surface area contributed by atoms with Gasteiger partial charge < -0.3 is 9.47 Å². The summed E-state index contributed by atoms with van der Waals surface area (Å²) < 4.78 is 16.9. The maximum Gasteiger partial charge on any atom is 0.123 e. The van der Waals surface area contributed by atoms with Crippen LogP contribution in [0, 0.1) is 5.82 Å². The third-order valence-electron chi connectivity index (χ3n) is 11.4. The lowest BCUT2D eigenvalue weighted by atomic mass is 9.67. The van der Waals surface area contributed by atoms with Crippen molar-refractivity contribution in [3.8, 4) is 5.69 Å². The molecule has 0 unspecified atom stereocenters. The van der Waals surface area contributed by atoms with Crippen LogP contribution in [0.25, 0.3) is 49.0 Å². The van der Waals surface area contributed by atoms with Crippen LogP contribution in [-0.2, 0) is 5.41 Å². The molecule has 0 spiro atoms. The van der Waals surface area contributed by atoms with Crippen LogP contribution in [-0.4, -0.2) is 4.57 Å². The van der Waals surface area contributed by atoms with Crippen molar-refractivity contribution in [1.29, 1.82) is 0 Å². The predicted molar refractivity (Wildman–Crippen MR) is 222 cm³/mol. The Morgan fingerprint density at radius 3 is 1.76 bits per heavy atom. The van der Waals surface area contributed by atoms with Crippen LogP contribution in [0.3, 0.4) is 0 Å². The van der Waals surface area contributed by atoms with Gasteiger partial charge in [-0.1, -0.05) is 127 Å². The number of aromatic nitrogens is 1. The first kappa shape index (κ1) is 30.6. The Hall–Kier alpha value is -6.97. The number of halogens is 1. The van der Waals surface area contributed by atoms with Gasteiger partial charge in [-0.3, -0.25) is 0 Å². The maximum atomic E-state index is 14.6. The number of fused-ring (bicyclic) bond motifs is 3. The lowest BCUT2D eigenvalue weighted by Gasteiger charge is -2.35. The fourth-order valence-corrected chi connectivity index (χ4v) is 9.27. The van der Waals surface area contributed by atoms with Crippen LogP contribution in [0.5, 0.6) is 0 Å². The molecule has 2 nitrogen and oxygen atoms in total. The second-order valence-corrected chi connectivity index (χ2v) is 14.2. The number of rotatable bonds is 6. The highest BCUT2D eigenvalue weighted by Crippen LogP contribution is 2.57. The number of benzene rings is 9. The largest absolute Gasteiger partial charge is 0.310 e. The van der Waals surface area contributed by atoms with Crippen molar-refractivity contribution in [2.75, 3.05) is 4.90 Å². The van der Waals surface area contributed by atoms with Crippen molar-refractivity contribution in [3.05, 3.63) is 228 Å². The fourth-order valence-electron chi connectivity index (χ4n) is 9.27. The summed E-state index contributed by atoms with van der Waals surface area (Å²) in [5.74, 6) is -0.262. The molecule has 0 N–H and O–H groups in total. The third kappa shape index (κ3) is 4.33. The maximum absolute atomic E-state index is 14.6. The molecule has 0 atom stereocenters. The van der Waals surface area contributed by atoms with Gasteiger partial charge in [0.25, 0.3) is 0 Å². The summed E-state index contributed by atoms with van der Waals surface area (Å²) in [5, 5.41) is 7.32. The number of nitrogens with zero attached hydrogens (tertiary/aromatic N) is 2. The van der Waals surface area contributed by atoms with Gasteiger partial charge in [0.15, 0.2) is 0 Å². The molecule has 0 bridgehead atoms. The summed E-state index contributed by atoms with van der Waals surface area (Å²) in [6.07, 6.45) is 0. The summed E-state index contributed by atoms with van der Waals surface area (Å²) in [5.41, 5.74) is 10.7. The Kier molecular flexibility index (Phi) is 6.68. The third-order valence-corrected chi connectivity index (χ3v) is 11.4. The van der Waals surface area contributed by atoms with E-state index in [1.165, 1.54) is 49.2 Å². The van der Waals surface area contributed by atoms with Crippen LogP contribution in [0.15, 0.2) is 200 Å². The van der Waals surface area contributed by atoms with Gasteiger partial charge in [0, 0.05) is 33.5 Å². The molecular formula is C51H33FN2. The molecule has 11 rings (SSSR count). The predicted octanol–water partition coefficient (Wildman–Crippen LogP) is 13.4. The summed E-state index contributed by atoms with van der Waals surface area (Å²) >= 11 is 0. The Bertz CT molecular complexity index is 3000. The summed E-state index contributed by atoms with van der Waals surface area (Å²) in [6.45, 7) is 0. The van der Waals surface area contributed by atoms with Gasteiger partial charge in [-0.05, 0) is 117 Å². The fraction of sp³-hybridized carbons (Fsp3) is 0.0196. The van der Waals surface area contributed by atoms with Crippen molar-refractivity contribution >= 4 is 60.4 Å². The van der Waals surface area contributed by atoms with E-state index in [4.69, 9.17) is 0 Å². The molecule has 0 aliphatic heterocycles. The van der Waals surface area contributed by atoms with E-state index in [0.717, 1.165) is 39.2 Å². The highest BCUT2D eigenvalue weighted by atomic mass is 19.1. The lowest BCUT2D eigenvalue weighted by molar-refractivity contribution is 0.628. The first-order valence-corrected chi connectivity index (χ1v) is 18.5. The van der Waals surface area contributed by atoms with Crippen LogP contribution < -0.4 is 4.90 Å². The molecular weight excluding hydrogens is 660 g/mol. The van der Waals surface area contributed by atoms with E-state index in [-0.39, 0.29) is 5.82 Å². The zero-order chi connectivity index (χ0) is 35.8. The normalized spacial score (nSPS) is 13.1. The van der Waals surface area contributed by atoms with Gasteiger partial charge >= 0.3 is 0 Å².